The number of hydrogen-bond donors (Lipinski definition) is 2. The number of hydrogen-bond acceptors (Lipinski definition) is 3. The molecule has 4 atom stereocenters. The molecule has 2 aromatic rings. The Bertz CT molecular complexity index is 625. The summed E-state index contributed by atoms with van der Waals surface area (Å²) in [5.41, 5.74) is 3.87. The Kier molecular flexibility index (Phi) is 3.88. The van der Waals surface area contributed by atoms with Crippen molar-refractivity contribution in [3.8, 4) is 0 Å². The second kappa shape index (κ2) is 6.17. The van der Waals surface area contributed by atoms with Crippen LogP contribution in [0.5, 0.6) is 0 Å². The maximum Gasteiger partial charge on any atom is 0.0475 e. The molecule has 3 N–H and O–H groups in total. The van der Waals surface area contributed by atoms with Crippen LogP contribution in [-0.4, -0.2) is 5.71 Å². The summed E-state index contributed by atoms with van der Waals surface area (Å²) in [7, 11) is 0. The van der Waals surface area contributed by atoms with E-state index in [0.717, 1.165) is 0 Å². The lowest BCUT2D eigenvalue weighted by Crippen LogP contribution is -2.51. The predicted octanol–water partition coefficient (Wildman–Crippen LogP) is 3.80. The average Bonchev–Trinajstić information content (AvgIpc) is 2.63. The van der Waals surface area contributed by atoms with E-state index in [1.54, 1.807) is 0 Å². The molecule has 3 nitrogen and oxygen atoms in total. The molecule has 1 aliphatic carbocycles. The fraction of sp³-hybridized carbons (Fsp3) is 0.350. The molecule has 118 valence electrons. The first-order chi connectivity index (χ1) is 11.4. The molecule has 23 heavy (non-hydrogen) atoms. The minimum atomic E-state index is 0.292. The highest BCUT2D eigenvalue weighted by molar-refractivity contribution is 5.91. The Hall–Kier alpha value is -2.13. The summed E-state index contributed by atoms with van der Waals surface area (Å²) in [6.45, 7) is 0. The largest absolute Gasteiger partial charge is 0.323 e. The molecule has 3 heteroatoms. The lowest BCUT2D eigenvalue weighted by atomic mass is 9.67. The zero-order valence-electron chi connectivity index (χ0n) is 13.2. The van der Waals surface area contributed by atoms with Crippen LogP contribution in [0.3, 0.4) is 0 Å². The van der Waals surface area contributed by atoms with E-state index in [9.17, 15) is 0 Å². The quantitative estimate of drug-likeness (QED) is 0.655. The Morgan fingerprint density at radius 2 is 1.26 bits per heavy atom. The molecule has 0 aromatic heterocycles. The predicted molar refractivity (Wildman–Crippen MR) is 94.0 cm³/mol. The second-order valence-electron chi connectivity index (χ2n) is 6.64. The lowest BCUT2D eigenvalue weighted by Gasteiger charge is -2.47. The number of rotatable bonds is 2. The normalized spacial score (nSPS) is 30.0. The highest BCUT2D eigenvalue weighted by Crippen LogP contribution is 2.46. The van der Waals surface area contributed by atoms with Gasteiger partial charge in [0, 0.05) is 29.6 Å². The number of nitrogens with zero attached hydrogens (tertiary/aromatic N) is 1. The van der Waals surface area contributed by atoms with Crippen molar-refractivity contribution in [2.45, 2.75) is 31.3 Å². The van der Waals surface area contributed by atoms with E-state index in [-0.39, 0.29) is 0 Å². The van der Waals surface area contributed by atoms with Gasteiger partial charge in [0.2, 0.25) is 0 Å². The van der Waals surface area contributed by atoms with Gasteiger partial charge in [0.05, 0.1) is 0 Å². The minimum absolute atomic E-state index is 0.292. The van der Waals surface area contributed by atoms with Crippen LogP contribution < -0.4 is 11.2 Å². The molecule has 0 amide bonds. The number of fused-ring (bicyclic) bond motifs is 2. The third-order valence-electron chi connectivity index (χ3n) is 5.42. The van der Waals surface area contributed by atoms with Crippen LogP contribution in [0, 0.1) is 11.8 Å². The van der Waals surface area contributed by atoms with E-state index in [1.165, 1.54) is 36.1 Å². The van der Waals surface area contributed by atoms with Crippen LogP contribution >= 0.6 is 0 Å². The molecule has 1 heterocycles. The van der Waals surface area contributed by atoms with E-state index in [1.807, 2.05) is 0 Å². The summed E-state index contributed by atoms with van der Waals surface area (Å²) in [6.07, 6.45) is 3.59. The van der Waals surface area contributed by atoms with Gasteiger partial charge < -0.3 is 11.2 Å². The zero-order valence-corrected chi connectivity index (χ0v) is 13.2. The maximum absolute atomic E-state index is 5.83. The van der Waals surface area contributed by atoms with Gasteiger partial charge in [-0.25, -0.2) is 0 Å². The summed E-state index contributed by atoms with van der Waals surface area (Å²) in [6, 6.07) is 22.0. The standard InChI is InChI=1S/C20H23N3/c21-23-20-16-12-7-13-17(20)19(15-10-5-2-6-11-15)22-18(16)14-8-3-1-4-9-14/h1-6,8-11,16-19,22H,7,12-13,21H2/t16-,17-,18+,19+/m1/s1. The molecule has 4 rings (SSSR count). The van der Waals surface area contributed by atoms with Crippen molar-refractivity contribution in [2.24, 2.45) is 22.8 Å². The average molecular weight is 305 g/mol. The van der Waals surface area contributed by atoms with E-state index in [4.69, 9.17) is 5.84 Å². The summed E-state index contributed by atoms with van der Waals surface area (Å²) in [4.78, 5) is 0. The SMILES string of the molecule is NN=C1[C@@H]2CCC[C@@H]1[C@H](c1ccccc1)N[C@H]2c1ccccc1. The molecule has 0 unspecified atom stereocenters. The van der Waals surface area contributed by atoms with Gasteiger partial charge in [-0.05, 0) is 24.0 Å². The van der Waals surface area contributed by atoms with Gasteiger partial charge in [0.25, 0.3) is 0 Å². The Morgan fingerprint density at radius 3 is 1.70 bits per heavy atom. The highest BCUT2D eigenvalue weighted by atomic mass is 15.1. The number of piperidine rings is 1. The minimum Gasteiger partial charge on any atom is -0.323 e. The summed E-state index contributed by atoms with van der Waals surface area (Å²) >= 11 is 0. The van der Waals surface area contributed by atoms with E-state index in [2.05, 4.69) is 71.1 Å². The van der Waals surface area contributed by atoms with Gasteiger partial charge in [-0.2, -0.15) is 5.10 Å². The highest BCUT2D eigenvalue weighted by Gasteiger charge is 2.44. The summed E-state index contributed by atoms with van der Waals surface area (Å²) in [5, 5.41) is 8.18. The molecular formula is C20H23N3. The molecule has 1 saturated carbocycles. The first kappa shape index (κ1) is 14.5. The molecular weight excluding hydrogens is 282 g/mol. The first-order valence-corrected chi connectivity index (χ1v) is 8.52. The van der Waals surface area contributed by atoms with Gasteiger partial charge in [-0.3, -0.25) is 0 Å². The van der Waals surface area contributed by atoms with Gasteiger partial charge in [-0.1, -0.05) is 67.1 Å². The third-order valence-corrected chi connectivity index (χ3v) is 5.42. The smallest absolute Gasteiger partial charge is 0.0475 e. The van der Waals surface area contributed by atoms with Gasteiger partial charge in [0.15, 0.2) is 0 Å². The molecule has 2 fully saturated rings. The molecule has 2 aromatic carbocycles. The van der Waals surface area contributed by atoms with Crippen LogP contribution in [-0.2, 0) is 0 Å². The summed E-state index contributed by atoms with van der Waals surface area (Å²) < 4.78 is 0. The molecule has 0 spiro atoms. The number of nitrogens with one attached hydrogen (secondary N) is 1. The Labute approximate surface area is 137 Å². The molecule has 2 bridgehead atoms. The van der Waals surface area contributed by atoms with E-state index in [0.29, 0.717) is 23.9 Å². The lowest BCUT2D eigenvalue weighted by molar-refractivity contribution is 0.233. The van der Waals surface area contributed by atoms with E-state index < -0.39 is 0 Å². The van der Waals surface area contributed by atoms with Crippen molar-refractivity contribution in [2.75, 3.05) is 0 Å². The topological polar surface area (TPSA) is 50.4 Å². The van der Waals surface area contributed by atoms with Crippen molar-refractivity contribution in [1.82, 2.24) is 5.32 Å². The fourth-order valence-corrected chi connectivity index (χ4v) is 4.40. The van der Waals surface area contributed by atoms with Crippen LogP contribution in [0.25, 0.3) is 0 Å². The van der Waals surface area contributed by atoms with Gasteiger partial charge >= 0.3 is 0 Å². The van der Waals surface area contributed by atoms with Crippen LogP contribution in [0.1, 0.15) is 42.5 Å². The number of hydrazone groups is 1. The zero-order chi connectivity index (χ0) is 15.6. The van der Waals surface area contributed by atoms with Crippen LogP contribution in [0.2, 0.25) is 0 Å². The third kappa shape index (κ3) is 2.55. The maximum atomic E-state index is 5.83. The first-order valence-electron chi connectivity index (χ1n) is 8.52. The van der Waals surface area contributed by atoms with Crippen LogP contribution in [0.15, 0.2) is 65.8 Å². The van der Waals surface area contributed by atoms with Crippen molar-refractivity contribution in [1.29, 1.82) is 0 Å². The molecule has 1 aliphatic heterocycles. The Balaban J connectivity index is 1.76. The molecule has 0 radical (unpaired) electrons. The van der Waals surface area contributed by atoms with Gasteiger partial charge in [-0.15, -0.1) is 0 Å². The van der Waals surface area contributed by atoms with E-state index >= 15 is 0 Å². The molecule has 1 saturated heterocycles. The van der Waals surface area contributed by atoms with Crippen molar-refractivity contribution in [3.63, 3.8) is 0 Å². The van der Waals surface area contributed by atoms with Crippen molar-refractivity contribution >= 4 is 5.71 Å². The fourth-order valence-electron chi connectivity index (χ4n) is 4.40. The van der Waals surface area contributed by atoms with Crippen LogP contribution in [0.4, 0.5) is 0 Å². The monoisotopic (exact) mass is 305 g/mol. The molecule has 2 aliphatic rings. The Morgan fingerprint density at radius 1 is 0.783 bits per heavy atom. The van der Waals surface area contributed by atoms with Crippen molar-refractivity contribution in [3.05, 3.63) is 71.8 Å². The van der Waals surface area contributed by atoms with Crippen molar-refractivity contribution < 1.29 is 0 Å². The number of nitrogens with two attached hydrogens (primary N) is 1. The summed E-state index contributed by atoms with van der Waals surface area (Å²) in [5.74, 6) is 6.67. The second-order valence-corrected chi connectivity index (χ2v) is 6.64. The number of benzene rings is 2. The van der Waals surface area contributed by atoms with Gasteiger partial charge in [0.1, 0.15) is 0 Å².